The molecule has 1 heterocycles. The van der Waals surface area contributed by atoms with E-state index in [4.69, 9.17) is 12.2 Å². The number of H-pyrrole nitrogens is 1. The molecule has 0 fully saturated rings. The molecule has 0 atom stereocenters. The summed E-state index contributed by atoms with van der Waals surface area (Å²) in [4.78, 5) is 10.6. The number of amides is 1. The second-order valence-electron chi connectivity index (χ2n) is 1.98. The standard InChI is InChI=1S/C6H7N3OS/c1-4(10)8-5-2-3-7-9-6(5)11/h2-3H,1H3,(H,9,11)(H,7,8,10). The van der Waals surface area contributed by atoms with Crippen molar-refractivity contribution in [1.82, 2.24) is 10.2 Å². The third-order valence-corrected chi connectivity index (χ3v) is 1.35. The summed E-state index contributed by atoms with van der Waals surface area (Å²) in [5, 5.41) is 8.79. The lowest BCUT2D eigenvalue weighted by Crippen LogP contribution is -2.06. The molecule has 1 aromatic heterocycles. The van der Waals surface area contributed by atoms with Crippen molar-refractivity contribution in [2.24, 2.45) is 0 Å². The van der Waals surface area contributed by atoms with Crippen LogP contribution in [0.4, 0.5) is 5.69 Å². The van der Waals surface area contributed by atoms with Crippen molar-refractivity contribution in [1.29, 1.82) is 0 Å². The topological polar surface area (TPSA) is 57.8 Å². The van der Waals surface area contributed by atoms with Gasteiger partial charge in [0.2, 0.25) is 5.91 Å². The van der Waals surface area contributed by atoms with Gasteiger partial charge in [0.05, 0.1) is 5.69 Å². The smallest absolute Gasteiger partial charge is 0.221 e. The molecule has 0 aliphatic carbocycles. The average Bonchev–Trinajstić information content (AvgIpc) is 1.93. The number of aromatic amines is 1. The Morgan fingerprint density at radius 2 is 2.55 bits per heavy atom. The first-order valence-corrected chi connectivity index (χ1v) is 3.42. The lowest BCUT2D eigenvalue weighted by atomic mass is 10.4. The van der Waals surface area contributed by atoms with E-state index in [1.165, 1.54) is 13.1 Å². The van der Waals surface area contributed by atoms with Gasteiger partial charge < -0.3 is 5.32 Å². The molecular weight excluding hydrogens is 162 g/mol. The highest BCUT2D eigenvalue weighted by Crippen LogP contribution is 2.03. The highest BCUT2D eigenvalue weighted by atomic mass is 32.1. The minimum Gasteiger partial charge on any atom is -0.324 e. The molecule has 1 amide bonds. The van der Waals surface area contributed by atoms with Crippen LogP contribution in [-0.2, 0) is 4.79 Å². The molecule has 1 rings (SSSR count). The summed E-state index contributed by atoms with van der Waals surface area (Å²) in [7, 11) is 0. The van der Waals surface area contributed by atoms with E-state index in [-0.39, 0.29) is 5.91 Å². The molecule has 1 aromatic rings. The normalized spacial score (nSPS) is 9.18. The number of hydrogen-bond acceptors (Lipinski definition) is 3. The van der Waals surface area contributed by atoms with Gasteiger partial charge in [-0.2, -0.15) is 5.10 Å². The largest absolute Gasteiger partial charge is 0.324 e. The van der Waals surface area contributed by atoms with Gasteiger partial charge in [0, 0.05) is 13.1 Å². The second kappa shape index (κ2) is 3.25. The van der Waals surface area contributed by atoms with Gasteiger partial charge >= 0.3 is 0 Å². The van der Waals surface area contributed by atoms with Crippen LogP contribution in [0.2, 0.25) is 0 Å². The molecule has 58 valence electrons. The van der Waals surface area contributed by atoms with Crippen LogP contribution < -0.4 is 5.32 Å². The molecule has 0 unspecified atom stereocenters. The molecule has 0 radical (unpaired) electrons. The van der Waals surface area contributed by atoms with Gasteiger partial charge in [-0.1, -0.05) is 12.2 Å². The minimum atomic E-state index is -0.143. The lowest BCUT2D eigenvalue weighted by Gasteiger charge is -1.98. The maximum absolute atomic E-state index is 10.6. The van der Waals surface area contributed by atoms with Gasteiger partial charge in [0.25, 0.3) is 0 Å². The second-order valence-corrected chi connectivity index (χ2v) is 2.39. The predicted molar refractivity (Wildman–Crippen MR) is 43.7 cm³/mol. The highest BCUT2D eigenvalue weighted by molar-refractivity contribution is 7.71. The number of nitrogens with one attached hydrogen (secondary N) is 2. The summed E-state index contributed by atoms with van der Waals surface area (Å²) >= 11 is 4.84. The van der Waals surface area contributed by atoms with Crippen molar-refractivity contribution in [2.75, 3.05) is 5.32 Å². The summed E-state index contributed by atoms with van der Waals surface area (Å²) in [6.07, 6.45) is 1.53. The van der Waals surface area contributed by atoms with Crippen molar-refractivity contribution in [2.45, 2.75) is 6.92 Å². The van der Waals surface area contributed by atoms with Crippen LogP contribution in [-0.4, -0.2) is 16.1 Å². The van der Waals surface area contributed by atoms with Gasteiger partial charge in [0.1, 0.15) is 4.64 Å². The molecule has 0 bridgehead atoms. The Morgan fingerprint density at radius 1 is 1.82 bits per heavy atom. The summed E-state index contributed by atoms with van der Waals surface area (Å²) in [6.45, 7) is 1.43. The molecule has 0 saturated heterocycles. The van der Waals surface area contributed by atoms with E-state index in [0.717, 1.165) is 0 Å². The maximum Gasteiger partial charge on any atom is 0.221 e. The highest BCUT2D eigenvalue weighted by Gasteiger charge is 1.95. The van der Waals surface area contributed by atoms with Crippen LogP contribution in [0, 0.1) is 4.64 Å². The molecule has 2 N–H and O–H groups in total. The zero-order valence-corrected chi connectivity index (χ0v) is 6.73. The maximum atomic E-state index is 10.6. The fourth-order valence-electron chi connectivity index (χ4n) is 0.632. The SMILES string of the molecule is CC(=O)Nc1ccn[nH]c1=S. The number of carbonyl (C=O) groups excluding carboxylic acids is 1. The Hall–Kier alpha value is -1.23. The van der Waals surface area contributed by atoms with E-state index >= 15 is 0 Å². The Kier molecular flexibility index (Phi) is 2.32. The number of hydrogen-bond donors (Lipinski definition) is 2. The first-order valence-electron chi connectivity index (χ1n) is 3.01. The fourth-order valence-corrected chi connectivity index (χ4v) is 0.803. The molecule has 5 heteroatoms. The molecule has 0 spiro atoms. The fraction of sp³-hybridized carbons (Fsp3) is 0.167. The van der Waals surface area contributed by atoms with E-state index in [1.807, 2.05) is 0 Å². The first kappa shape index (κ1) is 7.87. The Labute approximate surface area is 68.6 Å². The van der Waals surface area contributed by atoms with Crippen molar-refractivity contribution < 1.29 is 4.79 Å². The molecule has 11 heavy (non-hydrogen) atoms. The van der Waals surface area contributed by atoms with Crippen LogP contribution >= 0.6 is 12.2 Å². The number of rotatable bonds is 1. The Morgan fingerprint density at radius 3 is 3.09 bits per heavy atom. The van der Waals surface area contributed by atoms with Crippen molar-refractivity contribution in [3.8, 4) is 0 Å². The predicted octanol–water partition coefficient (Wildman–Crippen LogP) is 1.10. The van der Waals surface area contributed by atoms with Gasteiger partial charge in [-0.3, -0.25) is 9.89 Å². The van der Waals surface area contributed by atoms with Crippen LogP contribution in [0.25, 0.3) is 0 Å². The molecule has 0 aliphatic heterocycles. The van der Waals surface area contributed by atoms with Crippen LogP contribution in [0.15, 0.2) is 12.3 Å². The number of aromatic nitrogens is 2. The Balaban J connectivity index is 2.95. The quantitative estimate of drug-likeness (QED) is 0.619. The van der Waals surface area contributed by atoms with Crippen LogP contribution in [0.1, 0.15) is 6.92 Å². The van der Waals surface area contributed by atoms with Gasteiger partial charge in [0.15, 0.2) is 0 Å². The van der Waals surface area contributed by atoms with E-state index in [1.54, 1.807) is 6.07 Å². The summed E-state index contributed by atoms with van der Waals surface area (Å²) in [5.74, 6) is -0.143. The van der Waals surface area contributed by atoms with E-state index in [2.05, 4.69) is 15.5 Å². The molecule has 0 aliphatic rings. The first-order chi connectivity index (χ1) is 5.20. The van der Waals surface area contributed by atoms with Crippen molar-refractivity contribution in [3.05, 3.63) is 16.9 Å². The molecular formula is C6H7N3OS. The zero-order chi connectivity index (χ0) is 8.27. The van der Waals surface area contributed by atoms with Gasteiger partial charge in [-0.05, 0) is 6.07 Å². The third-order valence-electron chi connectivity index (χ3n) is 1.04. The van der Waals surface area contributed by atoms with Crippen molar-refractivity contribution >= 4 is 23.8 Å². The van der Waals surface area contributed by atoms with Crippen LogP contribution in [0.3, 0.4) is 0 Å². The summed E-state index contributed by atoms with van der Waals surface area (Å²) in [6, 6.07) is 1.64. The lowest BCUT2D eigenvalue weighted by molar-refractivity contribution is -0.114. The zero-order valence-electron chi connectivity index (χ0n) is 5.92. The third kappa shape index (κ3) is 2.12. The molecule has 0 aromatic carbocycles. The molecule has 4 nitrogen and oxygen atoms in total. The molecule has 0 saturated carbocycles. The van der Waals surface area contributed by atoms with E-state index in [0.29, 0.717) is 10.3 Å². The number of nitrogens with zero attached hydrogens (tertiary/aromatic N) is 1. The van der Waals surface area contributed by atoms with Gasteiger partial charge in [-0.25, -0.2) is 0 Å². The average molecular weight is 169 g/mol. The van der Waals surface area contributed by atoms with Crippen molar-refractivity contribution in [3.63, 3.8) is 0 Å². The summed E-state index contributed by atoms with van der Waals surface area (Å²) < 4.78 is 0.433. The number of anilines is 1. The van der Waals surface area contributed by atoms with Crippen LogP contribution in [0.5, 0.6) is 0 Å². The minimum absolute atomic E-state index is 0.143. The number of carbonyl (C=O) groups is 1. The summed E-state index contributed by atoms with van der Waals surface area (Å²) in [5.41, 5.74) is 0.586. The van der Waals surface area contributed by atoms with E-state index < -0.39 is 0 Å². The monoisotopic (exact) mass is 169 g/mol. The Bertz CT molecular complexity index is 320. The van der Waals surface area contributed by atoms with E-state index in [9.17, 15) is 4.79 Å². The van der Waals surface area contributed by atoms with Gasteiger partial charge in [-0.15, -0.1) is 0 Å².